The predicted molar refractivity (Wildman–Crippen MR) is 211 cm³/mol. The summed E-state index contributed by atoms with van der Waals surface area (Å²) in [7, 11) is -3.61. The second-order valence-electron chi connectivity index (χ2n) is 17.9. The van der Waals surface area contributed by atoms with E-state index in [-0.39, 0.29) is 30.1 Å². The fourth-order valence-corrected chi connectivity index (χ4v) is 10.3. The Kier molecular flexibility index (Phi) is 15.8. The number of Topliss-reactive ketones (excluding diaryl/α,β-unsaturated/α-hetero) is 1. The fraction of sp³-hybridized carbons (Fsp3) is 0.854. The molecule has 4 amide bonds. The zero-order chi connectivity index (χ0) is 38.8. The van der Waals surface area contributed by atoms with Crippen LogP contribution in [0.4, 0.5) is 4.79 Å². The smallest absolute Gasteiger partial charge is 0.315 e. The molecule has 0 aromatic rings. The Hall–Kier alpha value is -2.47. The summed E-state index contributed by atoms with van der Waals surface area (Å²) in [6.45, 7) is 11.5. The zero-order valence-electron chi connectivity index (χ0n) is 33.6. The lowest BCUT2D eigenvalue weighted by molar-refractivity contribution is -0.140. The SMILES string of the molecule is CC(C)/C=C/[C@@H]1C[C@H]2C(=O)N[C@H](C(=O)CNC3CC3)CCCCCCCCCC[C@H](NC(=O)NC3([C@@H](C)S(=O)(=O)C(C)(C)C)CCCCC3)C(=O)N2C1. The summed E-state index contributed by atoms with van der Waals surface area (Å²) in [5.74, 6) is -0.390. The molecule has 0 radical (unpaired) electrons. The molecule has 302 valence electrons. The van der Waals surface area contributed by atoms with Gasteiger partial charge in [-0.05, 0) is 84.5 Å². The van der Waals surface area contributed by atoms with Crippen molar-refractivity contribution in [2.75, 3.05) is 13.1 Å². The zero-order valence-corrected chi connectivity index (χ0v) is 34.5. The Labute approximate surface area is 320 Å². The van der Waals surface area contributed by atoms with Crippen LogP contribution in [0, 0.1) is 11.8 Å². The van der Waals surface area contributed by atoms with Crippen LogP contribution >= 0.6 is 0 Å². The summed E-state index contributed by atoms with van der Waals surface area (Å²) in [6.07, 6.45) is 19.2. The standard InChI is InChI=1S/C41H71N5O6S/c1-29(2)20-21-31-26-35-37(48)43-33(36(47)27-42-32-22-23-32)18-14-11-9-7-8-10-12-15-19-34(38(49)46(35)28-31)44-39(50)45-41(24-16-13-17-25-41)30(3)53(51,52)40(4,5)6/h20-21,29-35,42H,7-19,22-28H2,1-6H3,(H,43,48)(H2,44,45,50)/b21-20+/t30-,31-,33+,34+,35+/m1/s1. The minimum absolute atomic E-state index is 0.0224. The average Bonchev–Trinajstić information content (AvgIpc) is 3.84. The summed E-state index contributed by atoms with van der Waals surface area (Å²) < 4.78 is 26.5. The van der Waals surface area contributed by atoms with Gasteiger partial charge in [-0.25, -0.2) is 13.2 Å². The molecule has 0 bridgehead atoms. The van der Waals surface area contributed by atoms with Gasteiger partial charge < -0.3 is 26.2 Å². The number of sulfone groups is 1. The van der Waals surface area contributed by atoms with Crippen molar-refractivity contribution in [2.45, 2.75) is 197 Å². The number of carbonyl (C=O) groups excluding carboxylic acids is 4. The number of ketones is 1. The number of carbonyl (C=O) groups is 4. The topological polar surface area (TPSA) is 154 Å². The number of hydrogen-bond acceptors (Lipinski definition) is 7. The Bertz CT molecular complexity index is 1380. The van der Waals surface area contributed by atoms with Crippen molar-refractivity contribution >= 4 is 33.5 Å². The molecule has 4 aliphatic rings. The highest BCUT2D eigenvalue weighted by atomic mass is 32.2. The van der Waals surface area contributed by atoms with E-state index in [4.69, 9.17) is 0 Å². The van der Waals surface area contributed by atoms with Crippen molar-refractivity contribution in [1.29, 1.82) is 0 Å². The van der Waals surface area contributed by atoms with Gasteiger partial charge in [0, 0.05) is 12.6 Å². The first-order valence-electron chi connectivity index (χ1n) is 20.9. The van der Waals surface area contributed by atoms with Gasteiger partial charge in [-0.3, -0.25) is 14.4 Å². The molecule has 0 unspecified atom stereocenters. The van der Waals surface area contributed by atoms with E-state index in [9.17, 15) is 27.6 Å². The maximum Gasteiger partial charge on any atom is 0.315 e. The van der Waals surface area contributed by atoms with Gasteiger partial charge in [-0.1, -0.05) is 96.6 Å². The van der Waals surface area contributed by atoms with Crippen molar-refractivity contribution in [3.63, 3.8) is 0 Å². The second kappa shape index (κ2) is 19.4. The van der Waals surface area contributed by atoms with E-state index >= 15 is 0 Å². The number of amides is 4. The van der Waals surface area contributed by atoms with Crippen molar-refractivity contribution in [3.05, 3.63) is 12.2 Å². The maximum absolute atomic E-state index is 14.6. The normalized spacial score (nSPS) is 27.9. The quantitative estimate of drug-likeness (QED) is 0.196. The first-order chi connectivity index (χ1) is 25.0. The molecular formula is C41H71N5O6S. The summed E-state index contributed by atoms with van der Waals surface area (Å²) in [5, 5.41) is 11.7. The third-order valence-corrected chi connectivity index (χ3v) is 15.2. The van der Waals surface area contributed by atoms with Gasteiger partial charge in [0.25, 0.3) is 0 Å². The van der Waals surface area contributed by atoms with Crippen LogP contribution in [-0.4, -0.2) is 89.7 Å². The molecule has 12 heteroatoms. The van der Waals surface area contributed by atoms with E-state index in [0.29, 0.717) is 50.6 Å². The van der Waals surface area contributed by atoms with Crippen LogP contribution in [0.25, 0.3) is 0 Å². The van der Waals surface area contributed by atoms with Crippen molar-refractivity contribution in [3.8, 4) is 0 Å². The van der Waals surface area contributed by atoms with Crippen molar-refractivity contribution in [2.24, 2.45) is 11.8 Å². The summed E-state index contributed by atoms with van der Waals surface area (Å²) in [4.78, 5) is 57.9. The van der Waals surface area contributed by atoms with Crippen molar-refractivity contribution in [1.82, 2.24) is 26.2 Å². The highest BCUT2D eigenvalue weighted by Gasteiger charge is 2.49. The van der Waals surface area contributed by atoms with E-state index in [2.05, 4.69) is 47.3 Å². The van der Waals surface area contributed by atoms with Gasteiger partial charge in [-0.2, -0.15) is 0 Å². The Morgan fingerprint density at radius 1 is 0.887 bits per heavy atom. The van der Waals surface area contributed by atoms with E-state index in [1.165, 1.54) is 0 Å². The van der Waals surface area contributed by atoms with Crippen LogP contribution in [0.2, 0.25) is 0 Å². The largest absolute Gasteiger partial charge is 0.344 e. The number of rotatable bonds is 10. The van der Waals surface area contributed by atoms with E-state index in [0.717, 1.165) is 83.5 Å². The molecule has 4 N–H and O–H groups in total. The third-order valence-electron chi connectivity index (χ3n) is 12.1. The van der Waals surface area contributed by atoms with Crippen LogP contribution in [0.15, 0.2) is 12.2 Å². The van der Waals surface area contributed by atoms with Gasteiger partial charge in [0.15, 0.2) is 15.6 Å². The van der Waals surface area contributed by atoms with Crippen LogP contribution in [0.1, 0.15) is 157 Å². The molecule has 5 atom stereocenters. The Morgan fingerprint density at radius 3 is 2.06 bits per heavy atom. The monoisotopic (exact) mass is 762 g/mol. The highest BCUT2D eigenvalue weighted by molar-refractivity contribution is 7.93. The molecule has 2 saturated carbocycles. The number of fused-ring (bicyclic) bond motifs is 1. The van der Waals surface area contributed by atoms with E-state index in [1.807, 2.05) is 0 Å². The van der Waals surface area contributed by atoms with Crippen LogP contribution < -0.4 is 21.3 Å². The molecule has 4 fully saturated rings. The van der Waals surface area contributed by atoms with Gasteiger partial charge in [0.1, 0.15) is 12.1 Å². The first-order valence-corrected chi connectivity index (χ1v) is 22.5. The molecule has 2 aliphatic heterocycles. The summed E-state index contributed by atoms with van der Waals surface area (Å²) in [5.41, 5.74) is -0.951. The van der Waals surface area contributed by atoms with Gasteiger partial charge >= 0.3 is 6.03 Å². The molecule has 2 heterocycles. The minimum Gasteiger partial charge on any atom is -0.344 e. The van der Waals surface area contributed by atoms with Gasteiger partial charge in [0.2, 0.25) is 11.8 Å². The fourth-order valence-electron chi connectivity index (χ4n) is 8.40. The Morgan fingerprint density at radius 2 is 1.47 bits per heavy atom. The van der Waals surface area contributed by atoms with E-state index in [1.54, 1.807) is 32.6 Å². The van der Waals surface area contributed by atoms with Crippen LogP contribution in [0.5, 0.6) is 0 Å². The minimum atomic E-state index is -3.61. The lowest BCUT2D eigenvalue weighted by Gasteiger charge is -2.44. The average molecular weight is 762 g/mol. The molecule has 11 nitrogen and oxygen atoms in total. The third kappa shape index (κ3) is 12.3. The number of hydrogen-bond donors (Lipinski definition) is 4. The number of nitrogens with zero attached hydrogens (tertiary/aromatic N) is 1. The maximum atomic E-state index is 14.6. The summed E-state index contributed by atoms with van der Waals surface area (Å²) in [6, 6.07) is -2.45. The van der Waals surface area contributed by atoms with Gasteiger partial charge in [-0.15, -0.1) is 0 Å². The second-order valence-corrected chi connectivity index (χ2v) is 20.9. The van der Waals surface area contributed by atoms with Crippen LogP contribution in [0.3, 0.4) is 0 Å². The summed E-state index contributed by atoms with van der Waals surface area (Å²) >= 11 is 0. The van der Waals surface area contributed by atoms with E-state index < -0.39 is 49.5 Å². The first kappa shape index (κ1) is 43.3. The van der Waals surface area contributed by atoms with Crippen molar-refractivity contribution < 1.29 is 27.6 Å². The lowest BCUT2D eigenvalue weighted by Crippen LogP contribution is -2.64. The molecule has 53 heavy (non-hydrogen) atoms. The molecule has 4 rings (SSSR count). The molecule has 2 saturated heterocycles. The lowest BCUT2D eigenvalue weighted by atomic mass is 9.79. The molecule has 0 aromatic heterocycles. The number of allylic oxidation sites excluding steroid dienone is 1. The molecular weight excluding hydrogens is 691 g/mol. The van der Waals surface area contributed by atoms with Crippen LogP contribution in [-0.2, 0) is 24.2 Å². The van der Waals surface area contributed by atoms with Gasteiger partial charge in [0.05, 0.1) is 28.1 Å². The molecule has 0 aromatic carbocycles. The highest BCUT2D eigenvalue weighted by Crippen LogP contribution is 2.38. The Balaban J connectivity index is 1.60. The predicted octanol–water partition coefficient (Wildman–Crippen LogP) is 6.11. The number of urea groups is 1. The molecule has 2 aliphatic carbocycles. The molecule has 0 spiro atoms. The number of nitrogens with one attached hydrogen (secondary N) is 4.